The maximum atomic E-state index is 10.6. The van der Waals surface area contributed by atoms with Crippen molar-refractivity contribution in [3.8, 4) is 0 Å². The molecule has 6 heteroatoms. The van der Waals surface area contributed by atoms with Gasteiger partial charge in [0.1, 0.15) is 0 Å². The molecule has 0 unspecified atom stereocenters. The SMILES string of the molecule is Cc1ccc(C(=Nc2ccc([N+](=O)[O-])cc2)NO)cc1. The lowest BCUT2D eigenvalue weighted by Gasteiger charge is -2.05. The average Bonchev–Trinajstić information content (AvgIpc) is 2.46. The molecule has 0 amide bonds. The summed E-state index contributed by atoms with van der Waals surface area (Å²) in [6.45, 7) is 1.96. The molecule has 2 N–H and O–H groups in total. The maximum Gasteiger partial charge on any atom is 0.269 e. The van der Waals surface area contributed by atoms with Crippen LogP contribution >= 0.6 is 0 Å². The molecule has 0 aliphatic rings. The summed E-state index contributed by atoms with van der Waals surface area (Å²) in [5.41, 5.74) is 4.36. The Morgan fingerprint density at radius 1 is 1.15 bits per heavy atom. The third-order valence-electron chi connectivity index (χ3n) is 2.73. The van der Waals surface area contributed by atoms with E-state index in [4.69, 9.17) is 5.21 Å². The number of hydrogen-bond donors (Lipinski definition) is 2. The molecular weight excluding hydrogens is 258 g/mol. The Hall–Kier alpha value is -2.73. The molecule has 2 aromatic carbocycles. The van der Waals surface area contributed by atoms with E-state index in [1.54, 1.807) is 0 Å². The predicted octanol–water partition coefficient (Wildman–Crippen LogP) is 2.96. The molecule has 0 saturated heterocycles. The Labute approximate surface area is 115 Å². The van der Waals surface area contributed by atoms with E-state index in [1.807, 2.05) is 36.7 Å². The molecule has 2 aromatic rings. The van der Waals surface area contributed by atoms with Crippen molar-refractivity contribution in [2.75, 3.05) is 0 Å². The molecule has 0 aliphatic carbocycles. The van der Waals surface area contributed by atoms with Crippen molar-refractivity contribution in [2.24, 2.45) is 4.99 Å². The average molecular weight is 271 g/mol. The number of aliphatic imine (C=N–C) groups is 1. The van der Waals surface area contributed by atoms with Crippen LogP contribution in [0.5, 0.6) is 0 Å². The van der Waals surface area contributed by atoms with Crippen molar-refractivity contribution in [1.82, 2.24) is 5.48 Å². The van der Waals surface area contributed by atoms with Crippen LogP contribution in [0.15, 0.2) is 53.5 Å². The second kappa shape index (κ2) is 5.94. The Balaban J connectivity index is 2.30. The van der Waals surface area contributed by atoms with Gasteiger partial charge in [0.25, 0.3) is 5.69 Å². The van der Waals surface area contributed by atoms with Crippen LogP contribution in [-0.2, 0) is 0 Å². The molecule has 0 aliphatic heterocycles. The van der Waals surface area contributed by atoms with E-state index in [2.05, 4.69) is 4.99 Å². The molecule has 0 atom stereocenters. The summed E-state index contributed by atoms with van der Waals surface area (Å²) < 4.78 is 0. The van der Waals surface area contributed by atoms with Crippen LogP contribution in [0.2, 0.25) is 0 Å². The molecule has 0 fully saturated rings. The van der Waals surface area contributed by atoms with Gasteiger partial charge in [0.15, 0.2) is 5.84 Å². The van der Waals surface area contributed by atoms with E-state index < -0.39 is 4.92 Å². The zero-order chi connectivity index (χ0) is 14.5. The number of hydrogen-bond acceptors (Lipinski definition) is 4. The highest BCUT2D eigenvalue weighted by molar-refractivity contribution is 5.99. The number of nitrogens with one attached hydrogen (secondary N) is 1. The maximum absolute atomic E-state index is 10.6. The molecule has 0 aromatic heterocycles. The number of nitrogens with zero attached hydrogens (tertiary/aromatic N) is 2. The molecule has 0 radical (unpaired) electrons. The third kappa shape index (κ3) is 3.18. The fourth-order valence-corrected chi connectivity index (χ4v) is 1.64. The van der Waals surface area contributed by atoms with E-state index in [0.717, 1.165) is 11.1 Å². The standard InChI is InChI=1S/C14H13N3O3/c1-10-2-4-11(5-3-10)14(16-18)15-12-6-8-13(9-7-12)17(19)20/h2-9,18H,1H3,(H,15,16). The molecule has 0 heterocycles. The lowest BCUT2D eigenvalue weighted by molar-refractivity contribution is -0.384. The first-order chi connectivity index (χ1) is 9.60. The predicted molar refractivity (Wildman–Crippen MR) is 75.4 cm³/mol. The largest absolute Gasteiger partial charge is 0.290 e. The first kappa shape index (κ1) is 13.7. The Kier molecular flexibility index (Phi) is 4.07. The highest BCUT2D eigenvalue weighted by Gasteiger charge is 2.05. The Morgan fingerprint density at radius 3 is 2.25 bits per heavy atom. The molecule has 0 bridgehead atoms. The first-order valence-electron chi connectivity index (χ1n) is 5.90. The summed E-state index contributed by atoms with van der Waals surface area (Å²) in [5, 5.41) is 19.7. The molecule has 0 saturated carbocycles. The van der Waals surface area contributed by atoms with Gasteiger partial charge >= 0.3 is 0 Å². The zero-order valence-corrected chi connectivity index (χ0v) is 10.8. The van der Waals surface area contributed by atoms with Crippen LogP contribution in [-0.4, -0.2) is 16.0 Å². The molecule has 2 rings (SSSR count). The molecule has 6 nitrogen and oxygen atoms in total. The van der Waals surface area contributed by atoms with Crippen LogP contribution in [0.4, 0.5) is 11.4 Å². The van der Waals surface area contributed by atoms with Crippen LogP contribution in [0.3, 0.4) is 0 Å². The fraction of sp³-hybridized carbons (Fsp3) is 0.0714. The van der Waals surface area contributed by atoms with Crippen molar-refractivity contribution in [3.63, 3.8) is 0 Å². The number of hydroxylamine groups is 1. The number of nitro groups is 1. The van der Waals surface area contributed by atoms with Crippen molar-refractivity contribution in [2.45, 2.75) is 6.92 Å². The van der Waals surface area contributed by atoms with E-state index >= 15 is 0 Å². The van der Waals surface area contributed by atoms with Gasteiger partial charge in [0.05, 0.1) is 10.6 Å². The summed E-state index contributed by atoms with van der Waals surface area (Å²) in [7, 11) is 0. The van der Waals surface area contributed by atoms with E-state index in [9.17, 15) is 10.1 Å². The fourth-order valence-electron chi connectivity index (χ4n) is 1.64. The number of non-ortho nitro benzene ring substituents is 1. The quantitative estimate of drug-likeness (QED) is 0.389. The monoisotopic (exact) mass is 271 g/mol. The van der Waals surface area contributed by atoms with Gasteiger partial charge in [-0.2, -0.15) is 0 Å². The van der Waals surface area contributed by atoms with Gasteiger partial charge in [-0.05, 0) is 19.1 Å². The van der Waals surface area contributed by atoms with Crippen molar-refractivity contribution < 1.29 is 10.1 Å². The highest BCUT2D eigenvalue weighted by atomic mass is 16.6. The Bertz CT molecular complexity index is 634. The lowest BCUT2D eigenvalue weighted by Crippen LogP contribution is -2.19. The van der Waals surface area contributed by atoms with Gasteiger partial charge in [-0.3, -0.25) is 20.8 Å². The number of nitro benzene ring substituents is 1. The number of aryl methyl sites for hydroxylation is 1. The smallest absolute Gasteiger partial charge is 0.269 e. The van der Waals surface area contributed by atoms with Crippen LogP contribution in [0, 0.1) is 17.0 Å². The molecular formula is C14H13N3O3. The number of rotatable bonds is 3. The Morgan fingerprint density at radius 2 is 1.75 bits per heavy atom. The summed E-state index contributed by atoms with van der Waals surface area (Å²) >= 11 is 0. The molecule has 102 valence electrons. The van der Waals surface area contributed by atoms with Gasteiger partial charge in [-0.25, -0.2) is 4.99 Å². The van der Waals surface area contributed by atoms with Gasteiger partial charge < -0.3 is 0 Å². The van der Waals surface area contributed by atoms with Gasteiger partial charge in [0, 0.05) is 17.7 Å². The molecule has 0 spiro atoms. The number of amidine groups is 1. The van der Waals surface area contributed by atoms with Crippen molar-refractivity contribution in [3.05, 3.63) is 69.8 Å². The second-order valence-corrected chi connectivity index (χ2v) is 4.21. The van der Waals surface area contributed by atoms with Crippen molar-refractivity contribution >= 4 is 17.2 Å². The summed E-state index contributed by atoms with van der Waals surface area (Å²) in [4.78, 5) is 14.3. The van der Waals surface area contributed by atoms with Gasteiger partial charge in [-0.15, -0.1) is 0 Å². The van der Waals surface area contributed by atoms with E-state index in [-0.39, 0.29) is 11.5 Å². The first-order valence-corrected chi connectivity index (χ1v) is 5.90. The van der Waals surface area contributed by atoms with Crippen molar-refractivity contribution in [1.29, 1.82) is 0 Å². The minimum Gasteiger partial charge on any atom is -0.290 e. The third-order valence-corrected chi connectivity index (χ3v) is 2.73. The second-order valence-electron chi connectivity index (χ2n) is 4.21. The van der Waals surface area contributed by atoms with Gasteiger partial charge in [0.2, 0.25) is 0 Å². The lowest BCUT2D eigenvalue weighted by atomic mass is 10.1. The topological polar surface area (TPSA) is 87.8 Å². The normalized spacial score (nSPS) is 11.2. The van der Waals surface area contributed by atoms with Gasteiger partial charge in [-0.1, -0.05) is 29.8 Å². The minimum absolute atomic E-state index is 0.00204. The minimum atomic E-state index is -0.474. The highest BCUT2D eigenvalue weighted by Crippen LogP contribution is 2.18. The van der Waals surface area contributed by atoms with E-state index in [0.29, 0.717) is 5.69 Å². The zero-order valence-electron chi connectivity index (χ0n) is 10.8. The number of benzene rings is 2. The summed E-state index contributed by atoms with van der Waals surface area (Å²) in [5.74, 6) is 0.277. The van der Waals surface area contributed by atoms with E-state index in [1.165, 1.54) is 24.3 Å². The van der Waals surface area contributed by atoms with Crippen LogP contribution in [0.25, 0.3) is 0 Å². The van der Waals surface area contributed by atoms with Crippen LogP contribution < -0.4 is 5.48 Å². The summed E-state index contributed by atoms with van der Waals surface area (Å²) in [6.07, 6.45) is 0. The van der Waals surface area contributed by atoms with Crippen LogP contribution in [0.1, 0.15) is 11.1 Å². The summed E-state index contributed by atoms with van der Waals surface area (Å²) in [6, 6.07) is 13.2. The molecule has 20 heavy (non-hydrogen) atoms.